The van der Waals surface area contributed by atoms with E-state index in [-0.39, 0.29) is 5.91 Å². The van der Waals surface area contributed by atoms with Crippen molar-refractivity contribution in [2.24, 2.45) is 0 Å². The molecule has 0 N–H and O–H groups in total. The minimum absolute atomic E-state index is 0.000642. The van der Waals surface area contributed by atoms with Gasteiger partial charge in [-0.3, -0.25) is 9.69 Å². The third-order valence-corrected chi connectivity index (χ3v) is 6.92. The van der Waals surface area contributed by atoms with Crippen LogP contribution in [0.3, 0.4) is 0 Å². The van der Waals surface area contributed by atoms with E-state index in [0.29, 0.717) is 15.8 Å². The van der Waals surface area contributed by atoms with Crippen molar-refractivity contribution in [3.05, 3.63) is 64.5 Å². The van der Waals surface area contributed by atoms with Gasteiger partial charge in [0.15, 0.2) is 0 Å². The topological polar surface area (TPSA) is 38.1 Å². The van der Waals surface area contributed by atoms with Crippen LogP contribution in [-0.4, -0.2) is 31.5 Å². The van der Waals surface area contributed by atoms with Crippen molar-refractivity contribution >= 4 is 51.6 Å². The molecular weight excluding hydrogens is 418 g/mol. The van der Waals surface area contributed by atoms with Crippen LogP contribution in [0.4, 0.5) is 0 Å². The van der Waals surface area contributed by atoms with Crippen molar-refractivity contribution in [1.82, 2.24) is 14.7 Å². The smallest absolute Gasteiger partial charge is 0.266 e. The number of carbonyl (C=O) groups is 1. The number of thiophene rings is 1. The second kappa shape index (κ2) is 9.07. The second-order valence-corrected chi connectivity index (χ2v) is 9.35. The first-order valence-corrected chi connectivity index (χ1v) is 11.7. The average molecular weight is 440 g/mol. The maximum Gasteiger partial charge on any atom is 0.266 e. The lowest BCUT2D eigenvalue weighted by molar-refractivity contribution is -0.122. The van der Waals surface area contributed by atoms with Gasteiger partial charge in [0.25, 0.3) is 5.91 Å². The Morgan fingerprint density at radius 3 is 2.69 bits per heavy atom. The van der Waals surface area contributed by atoms with Crippen LogP contribution in [0.2, 0.25) is 0 Å². The normalized spacial score (nSPS) is 15.6. The van der Waals surface area contributed by atoms with Gasteiger partial charge in [-0.1, -0.05) is 68.0 Å². The number of amides is 1. The number of rotatable bonds is 7. The summed E-state index contributed by atoms with van der Waals surface area (Å²) in [5, 5.41) is 6.84. The first-order valence-electron chi connectivity index (χ1n) is 9.61. The molecule has 0 bridgehead atoms. The number of carbonyl (C=O) groups excluding carboxylic acids is 1. The SMILES string of the molecule is CCCCCN1C(=O)C(=Cc2cn(-c3ccccc3)nc2-c2cccs2)SC1=S. The van der Waals surface area contributed by atoms with Crippen molar-refractivity contribution in [2.75, 3.05) is 6.54 Å². The Balaban J connectivity index is 1.68. The summed E-state index contributed by atoms with van der Waals surface area (Å²) in [5.41, 5.74) is 2.78. The van der Waals surface area contributed by atoms with E-state index < -0.39 is 0 Å². The Bertz CT molecular complexity index is 1040. The van der Waals surface area contributed by atoms with Gasteiger partial charge in [-0.2, -0.15) is 5.10 Å². The molecule has 2 aromatic heterocycles. The Hall–Kier alpha value is -2.22. The number of hydrogen-bond acceptors (Lipinski definition) is 5. The zero-order chi connectivity index (χ0) is 20.2. The van der Waals surface area contributed by atoms with Gasteiger partial charge >= 0.3 is 0 Å². The summed E-state index contributed by atoms with van der Waals surface area (Å²) in [5.74, 6) is 0.000642. The molecule has 0 radical (unpaired) electrons. The van der Waals surface area contributed by atoms with Crippen LogP contribution >= 0.6 is 35.3 Å². The summed E-state index contributed by atoms with van der Waals surface area (Å²) >= 11 is 8.48. The van der Waals surface area contributed by atoms with Crippen molar-refractivity contribution in [3.63, 3.8) is 0 Å². The Labute approximate surface area is 184 Å². The largest absolute Gasteiger partial charge is 0.293 e. The Morgan fingerprint density at radius 1 is 1.14 bits per heavy atom. The molecule has 0 aliphatic carbocycles. The molecule has 0 unspecified atom stereocenters. The molecule has 0 spiro atoms. The molecule has 1 saturated heterocycles. The molecule has 0 saturated carbocycles. The molecule has 1 amide bonds. The van der Waals surface area contributed by atoms with Crippen LogP contribution < -0.4 is 0 Å². The molecule has 3 aromatic rings. The number of aromatic nitrogens is 2. The molecule has 1 aliphatic rings. The third kappa shape index (κ3) is 4.37. The zero-order valence-corrected chi connectivity index (χ0v) is 18.5. The van der Waals surface area contributed by atoms with Crippen LogP contribution in [0.5, 0.6) is 0 Å². The minimum atomic E-state index is 0.000642. The Kier molecular flexibility index (Phi) is 6.28. The van der Waals surface area contributed by atoms with E-state index in [0.717, 1.165) is 41.1 Å². The van der Waals surface area contributed by atoms with Gasteiger partial charge in [-0.25, -0.2) is 4.68 Å². The van der Waals surface area contributed by atoms with Gasteiger partial charge in [0.2, 0.25) is 0 Å². The fourth-order valence-corrected chi connectivity index (χ4v) is 5.20. The molecule has 4 nitrogen and oxygen atoms in total. The van der Waals surface area contributed by atoms with Gasteiger partial charge in [0.1, 0.15) is 10.0 Å². The fraction of sp³-hybridized carbons (Fsp3) is 0.227. The van der Waals surface area contributed by atoms with Gasteiger partial charge in [-0.05, 0) is 36.1 Å². The zero-order valence-electron chi connectivity index (χ0n) is 16.1. The molecule has 0 atom stereocenters. The van der Waals surface area contributed by atoms with Gasteiger partial charge in [-0.15, -0.1) is 11.3 Å². The van der Waals surface area contributed by atoms with Crippen LogP contribution in [0.25, 0.3) is 22.3 Å². The molecule has 3 heterocycles. The van der Waals surface area contributed by atoms with E-state index in [1.807, 2.05) is 58.7 Å². The van der Waals surface area contributed by atoms with Gasteiger partial charge < -0.3 is 0 Å². The van der Waals surface area contributed by atoms with E-state index in [9.17, 15) is 4.79 Å². The summed E-state index contributed by atoms with van der Waals surface area (Å²) < 4.78 is 2.51. The van der Waals surface area contributed by atoms with Crippen LogP contribution in [-0.2, 0) is 4.79 Å². The molecule has 29 heavy (non-hydrogen) atoms. The summed E-state index contributed by atoms with van der Waals surface area (Å²) in [6.07, 6.45) is 7.10. The molecule has 148 valence electrons. The van der Waals surface area contributed by atoms with E-state index in [4.69, 9.17) is 17.3 Å². The summed E-state index contributed by atoms with van der Waals surface area (Å²) in [6, 6.07) is 14.1. The average Bonchev–Trinajstić information content (AvgIpc) is 3.45. The highest BCUT2D eigenvalue weighted by molar-refractivity contribution is 8.26. The molecule has 7 heteroatoms. The van der Waals surface area contributed by atoms with Crippen LogP contribution in [0, 0.1) is 0 Å². The minimum Gasteiger partial charge on any atom is -0.293 e. The maximum absolute atomic E-state index is 12.9. The van der Waals surface area contributed by atoms with Crippen LogP contribution in [0.1, 0.15) is 31.7 Å². The van der Waals surface area contributed by atoms with Gasteiger partial charge in [0.05, 0.1) is 15.5 Å². The molecule has 1 aromatic carbocycles. The van der Waals surface area contributed by atoms with E-state index in [2.05, 4.69) is 13.0 Å². The van der Waals surface area contributed by atoms with E-state index in [1.54, 1.807) is 16.2 Å². The fourth-order valence-electron chi connectivity index (χ4n) is 3.16. The first-order chi connectivity index (χ1) is 14.2. The van der Waals surface area contributed by atoms with E-state index >= 15 is 0 Å². The monoisotopic (exact) mass is 439 g/mol. The summed E-state index contributed by atoms with van der Waals surface area (Å²) in [4.78, 5) is 16.4. The molecule has 1 aliphatic heterocycles. The number of thioether (sulfide) groups is 1. The number of para-hydroxylation sites is 1. The molecule has 1 fully saturated rings. The van der Waals surface area contributed by atoms with Crippen LogP contribution in [0.15, 0.2) is 58.9 Å². The predicted octanol–water partition coefficient (Wildman–Crippen LogP) is 5.99. The highest BCUT2D eigenvalue weighted by atomic mass is 32.2. The van der Waals surface area contributed by atoms with Gasteiger partial charge in [0, 0.05) is 18.3 Å². The van der Waals surface area contributed by atoms with Crippen molar-refractivity contribution < 1.29 is 4.79 Å². The second-order valence-electron chi connectivity index (χ2n) is 6.73. The van der Waals surface area contributed by atoms with Crippen molar-refractivity contribution in [2.45, 2.75) is 26.2 Å². The summed E-state index contributed by atoms with van der Waals surface area (Å²) in [6.45, 7) is 2.84. The summed E-state index contributed by atoms with van der Waals surface area (Å²) in [7, 11) is 0. The van der Waals surface area contributed by atoms with Crippen molar-refractivity contribution in [1.29, 1.82) is 0 Å². The maximum atomic E-state index is 12.9. The molecule has 4 rings (SSSR count). The number of benzene rings is 1. The highest BCUT2D eigenvalue weighted by Crippen LogP contribution is 2.35. The first kappa shape index (κ1) is 20.1. The standard InChI is InChI=1S/C22H21N3OS3/c1-2-3-7-12-24-21(26)19(29-22(24)27)14-16-15-25(17-9-5-4-6-10-17)23-20(16)18-11-8-13-28-18/h4-6,8-11,13-15H,2-3,7,12H2,1H3. The number of nitrogens with zero attached hydrogens (tertiary/aromatic N) is 3. The lowest BCUT2D eigenvalue weighted by atomic mass is 10.2. The number of thiocarbonyl (C=S) groups is 1. The predicted molar refractivity (Wildman–Crippen MR) is 126 cm³/mol. The lowest BCUT2D eigenvalue weighted by Crippen LogP contribution is -2.28. The number of hydrogen-bond donors (Lipinski definition) is 0. The number of unbranched alkanes of at least 4 members (excludes halogenated alkanes) is 2. The van der Waals surface area contributed by atoms with Crippen molar-refractivity contribution in [3.8, 4) is 16.3 Å². The van der Waals surface area contributed by atoms with E-state index in [1.165, 1.54) is 11.8 Å². The molecular formula is C22H21N3OS3. The highest BCUT2D eigenvalue weighted by Gasteiger charge is 2.32. The quantitative estimate of drug-likeness (QED) is 0.257. The lowest BCUT2D eigenvalue weighted by Gasteiger charge is -2.13. The Morgan fingerprint density at radius 2 is 1.97 bits per heavy atom. The third-order valence-electron chi connectivity index (χ3n) is 4.66.